The van der Waals surface area contributed by atoms with Crippen molar-refractivity contribution >= 4 is 11.7 Å². The molecule has 0 amide bonds. The highest BCUT2D eigenvalue weighted by molar-refractivity contribution is 5.92. The summed E-state index contributed by atoms with van der Waals surface area (Å²) in [4.78, 5) is 8.38. The molecule has 1 aliphatic rings. The van der Waals surface area contributed by atoms with Crippen LogP contribution in [0.15, 0.2) is 59.7 Å². The molecule has 1 unspecified atom stereocenters. The molecule has 138 valence electrons. The van der Waals surface area contributed by atoms with Gasteiger partial charge in [-0.15, -0.1) is 0 Å². The number of aromatic nitrogens is 1. The Labute approximate surface area is 157 Å². The molecule has 0 bridgehead atoms. The second-order valence-electron chi connectivity index (χ2n) is 6.18. The molecule has 0 radical (unpaired) electrons. The summed E-state index contributed by atoms with van der Waals surface area (Å²) in [6.07, 6.45) is 9.25. The normalized spacial score (nSPS) is 16.5. The maximum Gasteiger partial charge on any atom is 0.134 e. The Kier molecular flexibility index (Phi) is 7.87. The molecule has 0 aliphatic heterocycles. The Balaban J connectivity index is 0.000000552. The third-order valence-corrected chi connectivity index (χ3v) is 4.30. The van der Waals surface area contributed by atoms with E-state index in [0.717, 1.165) is 30.2 Å². The quantitative estimate of drug-likeness (QED) is 0.446. The number of allylic oxidation sites excluding steroid dienone is 2. The van der Waals surface area contributed by atoms with Crippen molar-refractivity contribution in [2.45, 2.75) is 46.1 Å². The van der Waals surface area contributed by atoms with Crippen LogP contribution in [0.25, 0.3) is 0 Å². The molecule has 1 aromatic carbocycles. The van der Waals surface area contributed by atoms with Gasteiger partial charge < -0.3 is 10.1 Å². The summed E-state index contributed by atoms with van der Waals surface area (Å²) in [5.41, 5.74) is 2.71. The molecule has 0 fully saturated rings. The van der Waals surface area contributed by atoms with Gasteiger partial charge in [-0.05, 0) is 57.2 Å². The molecule has 26 heavy (non-hydrogen) atoms. The molecule has 4 heteroatoms. The van der Waals surface area contributed by atoms with Crippen LogP contribution in [-0.4, -0.2) is 17.9 Å². The first-order chi connectivity index (χ1) is 12.7. The van der Waals surface area contributed by atoms with Crippen LogP contribution < -0.4 is 10.1 Å². The van der Waals surface area contributed by atoms with E-state index >= 15 is 0 Å². The van der Waals surface area contributed by atoms with E-state index in [0.29, 0.717) is 0 Å². The molecule has 2 aromatic rings. The number of benzene rings is 1. The lowest BCUT2D eigenvalue weighted by Crippen LogP contribution is -2.15. The lowest BCUT2D eigenvalue weighted by Gasteiger charge is -2.26. The van der Waals surface area contributed by atoms with Gasteiger partial charge in [-0.3, -0.25) is 4.99 Å². The number of anilines is 1. The number of aliphatic imine (C=N–C) groups is 1. The number of pyridine rings is 1. The number of nitrogens with one attached hydrogen (secondary N) is 1. The van der Waals surface area contributed by atoms with Crippen molar-refractivity contribution in [3.63, 3.8) is 0 Å². The predicted octanol–water partition coefficient (Wildman–Crippen LogP) is 5.58. The van der Waals surface area contributed by atoms with Crippen LogP contribution in [0.1, 0.15) is 50.8 Å². The molecular formula is C22H29N3O. The van der Waals surface area contributed by atoms with Crippen molar-refractivity contribution in [1.29, 1.82) is 0 Å². The van der Waals surface area contributed by atoms with E-state index in [1.807, 2.05) is 45.1 Å². The number of fused-ring (bicyclic) bond motifs is 1. The zero-order valence-electron chi connectivity index (χ0n) is 16.2. The van der Waals surface area contributed by atoms with Gasteiger partial charge in [0, 0.05) is 19.3 Å². The number of rotatable bonds is 3. The third kappa shape index (κ3) is 5.73. The smallest absolute Gasteiger partial charge is 0.134 e. The summed E-state index contributed by atoms with van der Waals surface area (Å²) < 4.78 is 6.22. The molecular weight excluding hydrogens is 322 g/mol. The molecule has 0 saturated carbocycles. The van der Waals surface area contributed by atoms with Gasteiger partial charge in [0.15, 0.2) is 0 Å². The van der Waals surface area contributed by atoms with Gasteiger partial charge in [0.25, 0.3) is 0 Å². The minimum absolute atomic E-state index is 0.126. The summed E-state index contributed by atoms with van der Waals surface area (Å²) in [7, 11) is 1.75. The second-order valence-corrected chi connectivity index (χ2v) is 6.18. The molecule has 1 aliphatic carbocycles. The summed E-state index contributed by atoms with van der Waals surface area (Å²) >= 11 is 0. The Morgan fingerprint density at radius 2 is 2.00 bits per heavy atom. The van der Waals surface area contributed by atoms with Gasteiger partial charge in [-0.1, -0.05) is 36.4 Å². The highest BCUT2D eigenvalue weighted by Gasteiger charge is 2.21. The van der Waals surface area contributed by atoms with Crippen LogP contribution >= 0.6 is 0 Å². The van der Waals surface area contributed by atoms with Gasteiger partial charge in [0.05, 0.1) is 5.84 Å². The SMILES string of the molecule is C/C=C/C.CN=C(C)Nc1cc(OC2CCCc3ccccc32)ccn1. The first-order valence-electron chi connectivity index (χ1n) is 9.16. The standard InChI is InChI=1S/C18H21N3O.C4H8/c1-13(19-2)21-18-12-15(10-11-20-18)22-17-9-5-7-14-6-3-4-8-16(14)17;1-3-4-2/h3-4,6,8,10-12,17H,5,7,9H2,1-2H3,(H,19,20,21);3-4H,1-2H3/b;4-3+. The van der Waals surface area contributed by atoms with E-state index in [2.05, 4.69) is 39.6 Å². The highest BCUT2D eigenvalue weighted by Crippen LogP contribution is 2.33. The third-order valence-electron chi connectivity index (χ3n) is 4.30. The van der Waals surface area contributed by atoms with Crippen LogP contribution in [0.3, 0.4) is 0 Å². The van der Waals surface area contributed by atoms with Crippen molar-refractivity contribution < 1.29 is 4.74 Å². The summed E-state index contributed by atoms with van der Waals surface area (Å²) in [6.45, 7) is 5.91. The number of hydrogen-bond donors (Lipinski definition) is 1. The number of aryl methyl sites for hydroxylation is 1. The maximum atomic E-state index is 6.22. The molecule has 1 heterocycles. The van der Waals surface area contributed by atoms with Gasteiger partial charge in [0.1, 0.15) is 17.7 Å². The topological polar surface area (TPSA) is 46.5 Å². The Hall–Kier alpha value is -2.62. The molecule has 1 atom stereocenters. The number of nitrogens with zero attached hydrogens (tertiary/aromatic N) is 2. The van der Waals surface area contributed by atoms with Crippen LogP contribution in [-0.2, 0) is 6.42 Å². The lowest BCUT2D eigenvalue weighted by molar-refractivity contribution is 0.183. The van der Waals surface area contributed by atoms with E-state index in [1.165, 1.54) is 17.5 Å². The summed E-state index contributed by atoms with van der Waals surface area (Å²) in [5, 5.41) is 3.15. The summed E-state index contributed by atoms with van der Waals surface area (Å²) in [5.74, 6) is 2.42. The van der Waals surface area contributed by atoms with Crippen LogP contribution in [0.5, 0.6) is 5.75 Å². The largest absolute Gasteiger partial charge is 0.486 e. The van der Waals surface area contributed by atoms with Crippen molar-refractivity contribution in [2.75, 3.05) is 12.4 Å². The molecule has 4 nitrogen and oxygen atoms in total. The number of ether oxygens (including phenoxy) is 1. The van der Waals surface area contributed by atoms with Gasteiger partial charge in [-0.2, -0.15) is 0 Å². The molecule has 1 aromatic heterocycles. The van der Waals surface area contributed by atoms with E-state index in [1.54, 1.807) is 13.2 Å². The second kappa shape index (κ2) is 10.4. The zero-order chi connectivity index (χ0) is 18.8. The fraction of sp³-hybridized carbons (Fsp3) is 0.364. The molecule has 0 spiro atoms. The van der Waals surface area contributed by atoms with Crippen molar-refractivity contribution in [2.24, 2.45) is 4.99 Å². The first-order valence-corrected chi connectivity index (χ1v) is 9.16. The average Bonchev–Trinajstić information content (AvgIpc) is 2.68. The maximum absolute atomic E-state index is 6.22. The number of amidine groups is 1. The fourth-order valence-corrected chi connectivity index (χ4v) is 2.79. The molecule has 3 rings (SSSR count). The van der Waals surface area contributed by atoms with Crippen molar-refractivity contribution in [3.05, 3.63) is 65.9 Å². The first kappa shape index (κ1) is 19.7. The average molecular weight is 351 g/mol. The molecule has 0 saturated heterocycles. The lowest BCUT2D eigenvalue weighted by atomic mass is 9.89. The van der Waals surface area contributed by atoms with E-state index in [4.69, 9.17) is 4.74 Å². The fourth-order valence-electron chi connectivity index (χ4n) is 2.79. The van der Waals surface area contributed by atoms with Crippen molar-refractivity contribution in [1.82, 2.24) is 4.98 Å². The van der Waals surface area contributed by atoms with Crippen LogP contribution in [0.4, 0.5) is 5.82 Å². The van der Waals surface area contributed by atoms with Crippen LogP contribution in [0.2, 0.25) is 0 Å². The van der Waals surface area contributed by atoms with Gasteiger partial charge in [0.2, 0.25) is 0 Å². The minimum atomic E-state index is 0.126. The highest BCUT2D eigenvalue weighted by atomic mass is 16.5. The Morgan fingerprint density at radius 1 is 1.23 bits per heavy atom. The zero-order valence-corrected chi connectivity index (χ0v) is 16.2. The Bertz CT molecular complexity index is 749. The van der Waals surface area contributed by atoms with E-state index in [9.17, 15) is 0 Å². The summed E-state index contributed by atoms with van der Waals surface area (Å²) in [6, 6.07) is 12.4. The molecule has 1 N–H and O–H groups in total. The van der Waals surface area contributed by atoms with Crippen molar-refractivity contribution in [3.8, 4) is 5.75 Å². The van der Waals surface area contributed by atoms with E-state index < -0.39 is 0 Å². The monoisotopic (exact) mass is 351 g/mol. The van der Waals surface area contributed by atoms with Gasteiger partial charge >= 0.3 is 0 Å². The van der Waals surface area contributed by atoms with Gasteiger partial charge in [-0.25, -0.2) is 4.98 Å². The Morgan fingerprint density at radius 3 is 2.73 bits per heavy atom. The minimum Gasteiger partial charge on any atom is -0.486 e. The predicted molar refractivity (Wildman–Crippen MR) is 110 cm³/mol. The van der Waals surface area contributed by atoms with E-state index in [-0.39, 0.29) is 6.10 Å². The number of hydrogen-bond acceptors (Lipinski definition) is 3. The van der Waals surface area contributed by atoms with Crippen LogP contribution in [0, 0.1) is 0 Å².